The highest BCUT2D eigenvalue weighted by Gasteiger charge is 2.13. The van der Waals surface area contributed by atoms with Gasteiger partial charge in [0.15, 0.2) is 6.61 Å². The second kappa shape index (κ2) is 6.93. The number of ether oxygens (including phenoxy) is 1. The molecule has 2 rings (SSSR count). The monoisotopic (exact) mass is 300 g/mol. The fourth-order valence-electron chi connectivity index (χ4n) is 2.07. The molecule has 0 saturated carbocycles. The topological polar surface area (TPSA) is 71.2 Å². The molecule has 5 nitrogen and oxygen atoms in total. The summed E-state index contributed by atoms with van der Waals surface area (Å²) in [7, 11) is 0. The van der Waals surface area contributed by atoms with Gasteiger partial charge >= 0.3 is 5.97 Å². The van der Waals surface area contributed by atoms with Crippen molar-refractivity contribution in [3.63, 3.8) is 0 Å². The minimum absolute atomic E-state index is 0.143. The fraction of sp³-hybridized carbons (Fsp3) is 0.294. The number of aromatic nitrogens is 1. The van der Waals surface area contributed by atoms with Gasteiger partial charge in [0.1, 0.15) is 5.69 Å². The van der Waals surface area contributed by atoms with Gasteiger partial charge in [-0.2, -0.15) is 0 Å². The van der Waals surface area contributed by atoms with Crippen molar-refractivity contribution in [2.24, 2.45) is 0 Å². The molecule has 1 amide bonds. The lowest BCUT2D eigenvalue weighted by Gasteiger charge is -2.15. The van der Waals surface area contributed by atoms with E-state index in [0.717, 1.165) is 5.56 Å². The van der Waals surface area contributed by atoms with Crippen LogP contribution < -0.4 is 5.32 Å². The van der Waals surface area contributed by atoms with E-state index >= 15 is 0 Å². The second-order valence-electron chi connectivity index (χ2n) is 5.29. The van der Waals surface area contributed by atoms with E-state index in [4.69, 9.17) is 4.74 Å². The number of hydrogen-bond acceptors (Lipinski definition) is 3. The van der Waals surface area contributed by atoms with Gasteiger partial charge in [0.25, 0.3) is 5.91 Å². The van der Waals surface area contributed by atoms with Crippen LogP contribution in [0.3, 0.4) is 0 Å². The van der Waals surface area contributed by atoms with Crippen LogP contribution in [0.15, 0.2) is 36.5 Å². The van der Waals surface area contributed by atoms with Gasteiger partial charge in [-0.1, -0.05) is 18.2 Å². The van der Waals surface area contributed by atoms with Gasteiger partial charge in [-0.3, -0.25) is 4.79 Å². The molecule has 22 heavy (non-hydrogen) atoms. The predicted octanol–water partition coefficient (Wildman–Crippen LogP) is 2.67. The van der Waals surface area contributed by atoms with Crippen molar-refractivity contribution in [1.29, 1.82) is 0 Å². The predicted molar refractivity (Wildman–Crippen MR) is 83.5 cm³/mol. The Morgan fingerprint density at radius 3 is 2.64 bits per heavy atom. The summed E-state index contributed by atoms with van der Waals surface area (Å²) in [5.74, 6) is -0.871. The molecule has 1 atom stereocenters. The molecule has 0 spiro atoms. The van der Waals surface area contributed by atoms with E-state index < -0.39 is 5.97 Å². The largest absolute Gasteiger partial charge is 0.451 e. The fourth-order valence-corrected chi connectivity index (χ4v) is 2.07. The van der Waals surface area contributed by atoms with E-state index in [1.54, 1.807) is 18.3 Å². The second-order valence-corrected chi connectivity index (χ2v) is 5.29. The summed E-state index contributed by atoms with van der Waals surface area (Å²) in [6.07, 6.45) is 1.62. The van der Waals surface area contributed by atoms with Crippen LogP contribution in [0.25, 0.3) is 0 Å². The SMILES string of the molecule is Cc1ccc([C@@H](C)NC(=O)COC(=O)c2ccc[nH]2)cc1C. The first-order valence-corrected chi connectivity index (χ1v) is 7.14. The molecule has 0 fully saturated rings. The van der Waals surface area contributed by atoms with Crippen molar-refractivity contribution in [1.82, 2.24) is 10.3 Å². The van der Waals surface area contributed by atoms with E-state index in [-0.39, 0.29) is 18.6 Å². The van der Waals surface area contributed by atoms with Crippen molar-refractivity contribution in [2.75, 3.05) is 6.61 Å². The number of carbonyl (C=O) groups is 2. The standard InChI is InChI=1S/C17H20N2O3/c1-11-6-7-14(9-12(11)2)13(3)19-16(20)10-22-17(21)15-5-4-8-18-15/h4-9,13,18H,10H2,1-3H3,(H,19,20)/t13-/m1/s1. The van der Waals surface area contributed by atoms with Gasteiger partial charge in [0.2, 0.25) is 0 Å². The van der Waals surface area contributed by atoms with Gasteiger partial charge in [0, 0.05) is 6.20 Å². The highest BCUT2D eigenvalue weighted by atomic mass is 16.5. The van der Waals surface area contributed by atoms with E-state index in [0.29, 0.717) is 5.69 Å². The van der Waals surface area contributed by atoms with Crippen LogP contribution in [0, 0.1) is 13.8 Å². The Morgan fingerprint density at radius 2 is 2.00 bits per heavy atom. The molecule has 0 saturated heterocycles. The van der Waals surface area contributed by atoms with Crippen LogP contribution >= 0.6 is 0 Å². The van der Waals surface area contributed by atoms with Crippen molar-refractivity contribution in [2.45, 2.75) is 26.8 Å². The zero-order chi connectivity index (χ0) is 16.1. The number of amides is 1. The molecule has 2 aromatic rings. The minimum Gasteiger partial charge on any atom is -0.451 e. The van der Waals surface area contributed by atoms with Crippen molar-refractivity contribution >= 4 is 11.9 Å². The van der Waals surface area contributed by atoms with Gasteiger partial charge < -0.3 is 15.0 Å². The average molecular weight is 300 g/mol. The molecule has 1 heterocycles. The molecule has 0 aliphatic carbocycles. The molecular weight excluding hydrogens is 280 g/mol. The van der Waals surface area contributed by atoms with E-state index in [1.807, 2.05) is 39.0 Å². The Morgan fingerprint density at radius 1 is 1.23 bits per heavy atom. The number of benzene rings is 1. The zero-order valence-corrected chi connectivity index (χ0v) is 13.0. The van der Waals surface area contributed by atoms with Crippen LogP contribution in [0.5, 0.6) is 0 Å². The van der Waals surface area contributed by atoms with Crippen LogP contribution in [0.2, 0.25) is 0 Å². The van der Waals surface area contributed by atoms with Crippen molar-refractivity contribution in [3.05, 3.63) is 58.9 Å². The molecule has 2 N–H and O–H groups in total. The average Bonchev–Trinajstić information content (AvgIpc) is 3.02. The van der Waals surface area contributed by atoms with E-state index in [1.165, 1.54) is 11.1 Å². The lowest BCUT2D eigenvalue weighted by Crippen LogP contribution is -2.31. The first kappa shape index (κ1) is 15.8. The Kier molecular flexibility index (Phi) is 4.99. The molecular formula is C17H20N2O3. The highest BCUT2D eigenvalue weighted by molar-refractivity contribution is 5.89. The third-order valence-corrected chi connectivity index (χ3v) is 3.56. The maximum atomic E-state index is 11.9. The number of aromatic amines is 1. The maximum Gasteiger partial charge on any atom is 0.355 e. The number of carbonyl (C=O) groups excluding carboxylic acids is 2. The lowest BCUT2D eigenvalue weighted by atomic mass is 10.0. The summed E-state index contributed by atoms with van der Waals surface area (Å²) in [5, 5.41) is 2.82. The molecule has 116 valence electrons. The Labute approximate surface area is 129 Å². The first-order valence-electron chi connectivity index (χ1n) is 7.14. The van der Waals surface area contributed by atoms with Crippen molar-refractivity contribution in [3.8, 4) is 0 Å². The molecule has 0 bridgehead atoms. The first-order chi connectivity index (χ1) is 10.5. The number of esters is 1. The highest BCUT2D eigenvalue weighted by Crippen LogP contribution is 2.16. The summed E-state index contributed by atoms with van der Waals surface area (Å²) in [4.78, 5) is 26.2. The normalized spacial score (nSPS) is 11.8. The molecule has 0 aliphatic rings. The number of aryl methyl sites for hydroxylation is 2. The van der Waals surface area contributed by atoms with Gasteiger partial charge in [0.05, 0.1) is 6.04 Å². The van der Waals surface area contributed by atoms with Gasteiger partial charge in [-0.05, 0) is 49.6 Å². The summed E-state index contributed by atoms with van der Waals surface area (Å²) in [5.41, 5.74) is 3.74. The van der Waals surface area contributed by atoms with Gasteiger partial charge in [-0.15, -0.1) is 0 Å². The van der Waals surface area contributed by atoms with Gasteiger partial charge in [-0.25, -0.2) is 4.79 Å². The minimum atomic E-state index is -0.543. The number of rotatable bonds is 5. The van der Waals surface area contributed by atoms with Crippen LogP contribution in [0.4, 0.5) is 0 Å². The Balaban J connectivity index is 1.86. The van der Waals surface area contributed by atoms with Crippen LogP contribution in [-0.2, 0) is 9.53 Å². The molecule has 0 aliphatic heterocycles. The molecule has 1 aromatic heterocycles. The number of hydrogen-bond donors (Lipinski definition) is 2. The summed E-state index contributed by atoms with van der Waals surface area (Å²) in [6.45, 7) is 5.68. The number of nitrogens with one attached hydrogen (secondary N) is 2. The third kappa shape index (κ3) is 3.97. The van der Waals surface area contributed by atoms with Crippen molar-refractivity contribution < 1.29 is 14.3 Å². The summed E-state index contributed by atoms with van der Waals surface area (Å²) in [6, 6.07) is 9.20. The van der Waals surface area contributed by atoms with Crippen LogP contribution in [-0.4, -0.2) is 23.5 Å². The molecule has 5 heteroatoms. The quantitative estimate of drug-likeness (QED) is 0.834. The lowest BCUT2D eigenvalue weighted by molar-refractivity contribution is -0.124. The Bertz CT molecular complexity index is 663. The summed E-state index contributed by atoms with van der Waals surface area (Å²) >= 11 is 0. The summed E-state index contributed by atoms with van der Waals surface area (Å²) < 4.78 is 4.95. The number of H-pyrrole nitrogens is 1. The van der Waals surface area contributed by atoms with Crippen LogP contribution in [0.1, 0.15) is 40.1 Å². The zero-order valence-electron chi connectivity index (χ0n) is 13.0. The van der Waals surface area contributed by atoms with E-state index in [9.17, 15) is 9.59 Å². The molecule has 1 aromatic carbocycles. The Hall–Kier alpha value is -2.56. The maximum absolute atomic E-state index is 11.9. The third-order valence-electron chi connectivity index (χ3n) is 3.56. The molecule has 0 unspecified atom stereocenters. The van der Waals surface area contributed by atoms with E-state index in [2.05, 4.69) is 10.3 Å². The molecule has 0 radical (unpaired) electrons. The smallest absolute Gasteiger partial charge is 0.355 e.